The Hall–Kier alpha value is -2.73. The Kier molecular flexibility index (Phi) is 5.13. The van der Waals surface area contributed by atoms with Gasteiger partial charge in [0.1, 0.15) is 16.4 Å². The summed E-state index contributed by atoms with van der Waals surface area (Å²) in [5.74, 6) is 1.04. The molecule has 0 N–H and O–H groups in total. The number of benzene rings is 1. The van der Waals surface area contributed by atoms with E-state index in [1.54, 1.807) is 6.07 Å². The van der Waals surface area contributed by atoms with Gasteiger partial charge in [0, 0.05) is 18.8 Å². The van der Waals surface area contributed by atoms with E-state index in [0.29, 0.717) is 18.5 Å². The van der Waals surface area contributed by atoms with Crippen molar-refractivity contribution in [1.82, 2.24) is 9.55 Å². The van der Waals surface area contributed by atoms with Gasteiger partial charge in [0.25, 0.3) is 0 Å². The summed E-state index contributed by atoms with van der Waals surface area (Å²) >= 11 is 1.53. The first-order valence-electron chi connectivity index (χ1n) is 9.77. The number of Topliss-reactive ketones (excluding diaryl/α,β-unsaturated/α-hetero) is 2. The Morgan fingerprint density at radius 2 is 2.00 bits per heavy atom. The normalized spacial score (nSPS) is 16.5. The van der Waals surface area contributed by atoms with Gasteiger partial charge in [-0.25, -0.2) is 4.98 Å². The molecule has 2 aromatic heterocycles. The number of aromatic nitrogens is 2. The minimum absolute atomic E-state index is 0.102. The number of carbonyl (C=O) groups is 2. The van der Waals surface area contributed by atoms with Crippen LogP contribution in [-0.4, -0.2) is 26.7 Å². The van der Waals surface area contributed by atoms with E-state index in [-0.39, 0.29) is 29.6 Å². The minimum atomic E-state index is -0.279. The zero-order valence-electron chi connectivity index (χ0n) is 16.8. The van der Waals surface area contributed by atoms with Crippen molar-refractivity contribution in [3.63, 3.8) is 0 Å². The molecule has 0 bridgehead atoms. The summed E-state index contributed by atoms with van der Waals surface area (Å²) in [7, 11) is 0. The van der Waals surface area contributed by atoms with E-state index in [1.165, 1.54) is 11.3 Å². The van der Waals surface area contributed by atoms with Crippen LogP contribution in [0.25, 0.3) is 10.4 Å². The van der Waals surface area contributed by atoms with E-state index in [1.807, 2.05) is 68.1 Å². The summed E-state index contributed by atoms with van der Waals surface area (Å²) in [6.45, 7) is 6.06. The zero-order valence-corrected chi connectivity index (χ0v) is 17.7. The van der Waals surface area contributed by atoms with Gasteiger partial charge >= 0.3 is 0 Å². The van der Waals surface area contributed by atoms with Crippen LogP contribution < -0.4 is 4.74 Å². The number of hydrogen-bond donors (Lipinski definition) is 0. The molecule has 1 aromatic carbocycles. The van der Waals surface area contributed by atoms with Crippen LogP contribution >= 0.6 is 11.3 Å². The highest BCUT2D eigenvalue weighted by Crippen LogP contribution is 2.31. The lowest BCUT2D eigenvalue weighted by Gasteiger charge is -2.24. The molecule has 0 spiro atoms. The van der Waals surface area contributed by atoms with Gasteiger partial charge in [-0.15, -0.1) is 11.3 Å². The topological polar surface area (TPSA) is 61.2 Å². The largest absolute Gasteiger partial charge is 0.488 e. The molecular weight excluding hydrogens is 384 g/mol. The van der Waals surface area contributed by atoms with Crippen molar-refractivity contribution in [2.75, 3.05) is 0 Å². The van der Waals surface area contributed by atoms with Crippen molar-refractivity contribution in [2.24, 2.45) is 0 Å². The molecule has 0 aliphatic carbocycles. The molecule has 0 radical (unpaired) electrons. The zero-order chi connectivity index (χ0) is 20.6. The van der Waals surface area contributed by atoms with Gasteiger partial charge in [0.15, 0.2) is 11.6 Å². The highest BCUT2D eigenvalue weighted by atomic mass is 32.1. The smallest absolute Gasteiger partial charge is 0.179 e. The molecule has 3 heterocycles. The molecule has 0 saturated heterocycles. The van der Waals surface area contributed by atoms with Crippen LogP contribution in [0.4, 0.5) is 0 Å². The van der Waals surface area contributed by atoms with Crippen LogP contribution in [-0.2, 0) is 11.2 Å². The molecule has 5 nitrogen and oxygen atoms in total. The minimum Gasteiger partial charge on any atom is -0.488 e. The first-order chi connectivity index (χ1) is 13.8. The van der Waals surface area contributed by atoms with Gasteiger partial charge in [-0.2, -0.15) is 0 Å². The summed E-state index contributed by atoms with van der Waals surface area (Å²) < 4.78 is 7.68. The lowest BCUT2D eigenvalue weighted by Crippen LogP contribution is -2.28. The number of hydrogen-bond acceptors (Lipinski definition) is 5. The summed E-state index contributed by atoms with van der Waals surface area (Å²) in [6, 6.07) is 11.3. The van der Waals surface area contributed by atoms with E-state index in [4.69, 9.17) is 4.74 Å². The second kappa shape index (κ2) is 7.59. The molecule has 1 aliphatic rings. The Morgan fingerprint density at radius 3 is 2.72 bits per heavy atom. The molecule has 4 rings (SSSR count). The third-order valence-electron chi connectivity index (χ3n) is 4.86. The molecular formula is C23H24N2O3S. The van der Waals surface area contributed by atoms with Crippen molar-refractivity contribution in [3.8, 4) is 16.2 Å². The number of fused-ring (bicyclic) bond motifs is 1. The standard InChI is InChI=1S/C23H24N2O3S/c1-23(2,3)28-16-8-6-15(7-9-16)21-14-24-22(29-21)13-20(27)18-10-11-19(26)17-5-4-12-25(17)18/h4-9,12,14,18H,10-11,13H2,1-3H3. The number of nitrogens with zero attached hydrogens (tertiary/aromatic N) is 2. The fourth-order valence-corrected chi connectivity index (χ4v) is 4.52. The van der Waals surface area contributed by atoms with Gasteiger partial charge < -0.3 is 9.30 Å². The van der Waals surface area contributed by atoms with Crippen LogP contribution in [0.15, 0.2) is 48.8 Å². The third kappa shape index (κ3) is 4.32. The van der Waals surface area contributed by atoms with E-state index >= 15 is 0 Å². The Labute approximate surface area is 174 Å². The van der Waals surface area contributed by atoms with E-state index < -0.39 is 0 Å². The summed E-state index contributed by atoms with van der Waals surface area (Å²) in [5.41, 5.74) is 1.45. The lowest BCUT2D eigenvalue weighted by molar-refractivity contribution is -0.121. The number of carbonyl (C=O) groups excluding carboxylic acids is 2. The molecule has 150 valence electrons. The molecule has 0 amide bonds. The van der Waals surface area contributed by atoms with Gasteiger partial charge in [0.2, 0.25) is 0 Å². The average molecular weight is 409 g/mol. The molecule has 29 heavy (non-hydrogen) atoms. The maximum atomic E-state index is 12.9. The second-order valence-electron chi connectivity index (χ2n) is 8.28. The van der Waals surface area contributed by atoms with Crippen molar-refractivity contribution >= 4 is 22.9 Å². The molecule has 3 aromatic rings. The van der Waals surface area contributed by atoms with Crippen LogP contribution in [0.2, 0.25) is 0 Å². The van der Waals surface area contributed by atoms with Gasteiger partial charge in [0.05, 0.1) is 23.0 Å². The number of ether oxygens (including phenoxy) is 1. The van der Waals surface area contributed by atoms with Crippen molar-refractivity contribution in [3.05, 3.63) is 59.5 Å². The monoisotopic (exact) mass is 408 g/mol. The van der Waals surface area contributed by atoms with E-state index in [9.17, 15) is 9.59 Å². The summed E-state index contributed by atoms with van der Waals surface area (Å²) in [5, 5.41) is 0.797. The summed E-state index contributed by atoms with van der Waals surface area (Å²) in [6.07, 6.45) is 4.91. The van der Waals surface area contributed by atoms with Gasteiger partial charge in [-0.05, 0) is 69.2 Å². The Bertz CT molecular complexity index is 1040. The average Bonchev–Trinajstić information content (AvgIpc) is 3.31. The van der Waals surface area contributed by atoms with Gasteiger partial charge in [-0.3, -0.25) is 9.59 Å². The molecule has 0 fully saturated rings. The van der Waals surface area contributed by atoms with E-state index in [2.05, 4.69) is 4.98 Å². The van der Waals surface area contributed by atoms with Gasteiger partial charge in [-0.1, -0.05) is 0 Å². The quantitative estimate of drug-likeness (QED) is 0.588. The Balaban J connectivity index is 1.45. The first kappa shape index (κ1) is 19.6. The lowest BCUT2D eigenvalue weighted by atomic mass is 9.97. The predicted octanol–water partition coefficient (Wildman–Crippen LogP) is 5.12. The number of thiazole rings is 1. The fourth-order valence-electron chi connectivity index (χ4n) is 3.59. The van der Waals surface area contributed by atoms with E-state index in [0.717, 1.165) is 21.2 Å². The fraction of sp³-hybridized carbons (Fsp3) is 0.348. The maximum Gasteiger partial charge on any atom is 0.179 e. The van der Waals surface area contributed by atoms with Crippen LogP contribution in [0.5, 0.6) is 5.75 Å². The SMILES string of the molecule is CC(C)(C)Oc1ccc(-c2cnc(CC(=O)C3CCC(=O)c4cccn43)s2)cc1. The summed E-state index contributed by atoms with van der Waals surface area (Å²) in [4.78, 5) is 30.3. The van der Waals surface area contributed by atoms with Crippen LogP contribution in [0.1, 0.15) is 55.2 Å². The van der Waals surface area contributed by atoms with Crippen LogP contribution in [0, 0.1) is 0 Å². The maximum absolute atomic E-state index is 12.9. The highest BCUT2D eigenvalue weighted by Gasteiger charge is 2.29. The third-order valence-corrected chi connectivity index (χ3v) is 5.91. The molecule has 1 atom stereocenters. The van der Waals surface area contributed by atoms with Crippen molar-refractivity contribution in [2.45, 2.75) is 51.7 Å². The Morgan fingerprint density at radius 1 is 1.24 bits per heavy atom. The predicted molar refractivity (Wildman–Crippen MR) is 114 cm³/mol. The van der Waals surface area contributed by atoms with Crippen molar-refractivity contribution in [1.29, 1.82) is 0 Å². The number of ketones is 2. The first-order valence-corrected chi connectivity index (χ1v) is 10.6. The molecule has 0 saturated carbocycles. The number of rotatable bonds is 5. The molecule has 1 aliphatic heterocycles. The second-order valence-corrected chi connectivity index (χ2v) is 9.39. The molecule has 1 unspecified atom stereocenters. The van der Waals surface area contributed by atoms with Crippen molar-refractivity contribution < 1.29 is 14.3 Å². The van der Waals surface area contributed by atoms with Crippen LogP contribution in [0.3, 0.4) is 0 Å². The molecule has 6 heteroatoms. The highest BCUT2D eigenvalue weighted by molar-refractivity contribution is 7.15.